The number of aromatic nitrogens is 1. The molecule has 140 valence electrons. The van der Waals surface area contributed by atoms with Gasteiger partial charge in [-0.25, -0.2) is 14.2 Å². The van der Waals surface area contributed by atoms with Gasteiger partial charge in [0, 0.05) is 4.88 Å². The maximum atomic E-state index is 13.2. The molecule has 8 heteroatoms. The Morgan fingerprint density at radius 2 is 1.96 bits per heavy atom. The predicted molar refractivity (Wildman–Crippen MR) is 103 cm³/mol. The minimum Gasteiger partial charge on any atom is -0.451 e. The lowest BCUT2D eigenvalue weighted by molar-refractivity contribution is -0.124. The second kappa shape index (κ2) is 8.41. The van der Waals surface area contributed by atoms with Gasteiger partial charge in [-0.3, -0.25) is 4.79 Å². The zero-order valence-corrected chi connectivity index (χ0v) is 16.3. The molecule has 0 aliphatic heterocycles. The van der Waals surface area contributed by atoms with Crippen molar-refractivity contribution in [2.45, 2.75) is 19.9 Å². The van der Waals surface area contributed by atoms with Gasteiger partial charge in [-0.15, -0.1) is 22.7 Å². The molecule has 0 aliphatic rings. The van der Waals surface area contributed by atoms with Crippen LogP contribution in [0, 0.1) is 19.7 Å². The third-order valence-corrected chi connectivity index (χ3v) is 5.75. The summed E-state index contributed by atoms with van der Waals surface area (Å²) in [5, 5.41) is 5.50. The third-order valence-electron chi connectivity index (χ3n) is 3.76. The number of benzene rings is 1. The van der Waals surface area contributed by atoms with Gasteiger partial charge in [-0.1, -0.05) is 18.2 Å². The first-order valence-electron chi connectivity index (χ1n) is 8.13. The molecule has 0 aliphatic carbocycles. The minimum atomic E-state index is -0.567. The Kier molecular flexibility index (Phi) is 5.98. The van der Waals surface area contributed by atoms with Crippen LogP contribution < -0.4 is 5.32 Å². The Morgan fingerprint density at radius 3 is 2.56 bits per heavy atom. The van der Waals surface area contributed by atoms with Crippen LogP contribution in [0.15, 0.2) is 41.8 Å². The van der Waals surface area contributed by atoms with E-state index in [2.05, 4.69) is 10.3 Å². The van der Waals surface area contributed by atoms with Crippen molar-refractivity contribution in [2.75, 3.05) is 6.61 Å². The molecule has 0 saturated heterocycles. The zero-order valence-electron chi connectivity index (χ0n) is 14.7. The molecular formula is C19H17FN2O3S2. The molecule has 0 fully saturated rings. The molecule has 0 spiro atoms. The molecule has 1 amide bonds. The van der Waals surface area contributed by atoms with Crippen molar-refractivity contribution in [3.05, 3.63) is 73.6 Å². The molecule has 3 aromatic rings. The SMILES string of the molecule is Cc1nc(C)c(C(=O)OCC(=O)N[C@H](c2ccc(F)cc2)c2cccs2)s1. The molecule has 2 heterocycles. The van der Waals surface area contributed by atoms with Crippen LogP contribution in [0.2, 0.25) is 0 Å². The van der Waals surface area contributed by atoms with E-state index in [1.54, 1.807) is 26.0 Å². The van der Waals surface area contributed by atoms with Gasteiger partial charge in [-0.2, -0.15) is 0 Å². The summed E-state index contributed by atoms with van der Waals surface area (Å²) >= 11 is 2.71. The van der Waals surface area contributed by atoms with Crippen molar-refractivity contribution < 1.29 is 18.7 Å². The summed E-state index contributed by atoms with van der Waals surface area (Å²) in [6.45, 7) is 3.12. The molecule has 0 saturated carbocycles. The monoisotopic (exact) mass is 404 g/mol. The summed E-state index contributed by atoms with van der Waals surface area (Å²) in [6.07, 6.45) is 0. The van der Waals surface area contributed by atoms with E-state index in [4.69, 9.17) is 4.74 Å². The summed E-state index contributed by atoms with van der Waals surface area (Å²) in [5.41, 5.74) is 1.33. The van der Waals surface area contributed by atoms with Crippen molar-refractivity contribution in [2.24, 2.45) is 0 Å². The Morgan fingerprint density at radius 1 is 1.22 bits per heavy atom. The number of hydrogen-bond acceptors (Lipinski definition) is 6. The Labute approximate surface area is 163 Å². The second-order valence-corrected chi connectivity index (χ2v) is 7.97. The number of amides is 1. The van der Waals surface area contributed by atoms with E-state index < -0.39 is 24.5 Å². The van der Waals surface area contributed by atoms with Crippen molar-refractivity contribution in [3.63, 3.8) is 0 Å². The smallest absolute Gasteiger partial charge is 0.350 e. The van der Waals surface area contributed by atoms with E-state index in [-0.39, 0.29) is 5.82 Å². The van der Waals surface area contributed by atoms with Gasteiger partial charge in [-0.05, 0) is 43.0 Å². The largest absolute Gasteiger partial charge is 0.451 e. The van der Waals surface area contributed by atoms with Crippen LogP contribution in [0.1, 0.15) is 36.9 Å². The molecule has 1 atom stereocenters. The maximum absolute atomic E-state index is 13.2. The number of nitrogens with zero attached hydrogens (tertiary/aromatic N) is 1. The normalized spacial score (nSPS) is 11.8. The Hall–Kier alpha value is -2.58. The highest BCUT2D eigenvalue weighted by Crippen LogP contribution is 2.26. The third kappa shape index (κ3) is 4.78. The predicted octanol–water partition coefficient (Wildman–Crippen LogP) is 4.02. The fourth-order valence-corrected chi connectivity index (χ4v) is 4.17. The summed E-state index contributed by atoms with van der Waals surface area (Å²) in [7, 11) is 0. The van der Waals surface area contributed by atoms with Crippen molar-refractivity contribution in [3.8, 4) is 0 Å². The minimum absolute atomic E-state index is 0.348. The van der Waals surface area contributed by atoms with Gasteiger partial charge < -0.3 is 10.1 Å². The summed E-state index contributed by atoms with van der Waals surface area (Å²) in [5.74, 6) is -1.35. The first kappa shape index (κ1) is 19.2. The van der Waals surface area contributed by atoms with Gasteiger partial charge >= 0.3 is 5.97 Å². The number of carbonyl (C=O) groups is 2. The molecule has 1 aromatic carbocycles. The van der Waals surface area contributed by atoms with E-state index in [0.29, 0.717) is 10.6 Å². The van der Waals surface area contributed by atoms with Crippen LogP contribution in [0.4, 0.5) is 4.39 Å². The van der Waals surface area contributed by atoms with Crippen LogP contribution in [-0.4, -0.2) is 23.5 Å². The van der Waals surface area contributed by atoms with Gasteiger partial charge in [0.15, 0.2) is 6.61 Å². The number of esters is 1. The van der Waals surface area contributed by atoms with Crippen molar-refractivity contribution in [1.29, 1.82) is 0 Å². The lowest BCUT2D eigenvalue weighted by Gasteiger charge is -2.18. The quantitative estimate of drug-likeness (QED) is 0.630. The lowest BCUT2D eigenvalue weighted by Crippen LogP contribution is -2.32. The molecule has 0 bridgehead atoms. The second-order valence-electron chi connectivity index (χ2n) is 5.79. The maximum Gasteiger partial charge on any atom is 0.350 e. The van der Waals surface area contributed by atoms with Gasteiger partial charge in [0.2, 0.25) is 0 Å². The van der Waals surface area contributed by atoms with Crippen molar-refractivity contribution in [1.82, 2.24) is 10.3 Å². The molecule has 0 unspecified atom stereocenters. The van der Waals surface area contributed by atoms with Crippen LogP contribution in [-0.2, 0) is 9.53 Å². The molecule has 5 nitrogen and oxygen atoms in total. The number of carbonyl (C=O) groups excluding carboxylic acids is 2. The van der Waals surface area contributed by atoms with E-state index >= 15 is 0 Å². The summed E-state index contributed by atoms with van der Waals surface area (Å²) in [6, 6.07) is 9.24. The first-order chi connectivity index (χ1) is 12.9. The Balaban J connectivity index is 1.67. The lowest BCUT2D eigenvalue weighted by atomic mass is 10.1. The first-order valence-corrected chi connectivity index (χ1v) is 9.83. The van der Waals surface area contributed by atoms with Gasteiger partial charge in [0.25, 0.3) is 5.91 Å². The number of rotatable bonds is 6. The molecule has 3 rings (SSSR count). The van der Waals surface area contributed by atoms with Crippen molar-refractivity contribution >= 4 is 34.6 Å². The average molecular weight is 404 g/mol. The Bertz CT molecular complexity index is 937. The fraction of sp³-hybridized carbons (Fsp3) is 0.211. The fourth-order valence-electron chi connectivity index (χ4n) is 2.55. The molecule has 2 aromatic heterocycles. The zero-order chi connectivity index (χ0) is 19.4. The van der Waals surface area contributed by atoms with Crippen LogP contribution in [0.25, 0.3) is 0 Å². The van der Waals surface area contributed by atoms with Crippen LogP contribution in [0.5, 0.6) is 0 Å². The summed E-state index contributed by atoms with van der Waals surface area (Å²) < 4.78 is 18.3. The van der Waals surface area contributed by atoms with Gasteiger partial charge in [0.1, 0.15) is 10.7 Å². The topological polar surface area (TPSA) is 68.3 Å². The number of ether oxygens (including phenoxy) is 1. The van der Waals surface area contributed by atoms with Gasteiger partial charge in [0.05, 0.1) is 16.7 Å². The van der Waals surface area contributed by atoms with Crippen LogP contribution >= 0.6 is 22.7 Å². The van der Waals surface area contributed by atoms with E-state index in [9.17, 15) is 14.0 Å². The van der Waals surface area contributed by atoms with E-state index in [1.807, 2.05) is 17.5 Å². The highest BCUT2D eigenvalue weighted by atomic mass is 32.1. The van der Waals surface area contributed by atoms with E-state index in [1.165, 1.54) is 34.8 Å². The number of aryl methyl sites for hydroxylation is 2. The standard InChI is InChI=1S/C19H17FN2O3S2/c1-11-18(27-12(2)21-11)19(24)25-10-16(23)22-17(15-4-3-9-26-15)13-5-7-14(20)8-6-13/h3-9,17H,10H2,1-2H3,(H,22,23)/t17-/m1/s1. The summed E-state index contributed by atoms with van der Waals surface area (Å²) in [4.78, 5) is 29.9. The molecule has 0 radical (unpaired) electrons. The average Bonchev–Trinajstić information content (AvgIpc) is 3.28. The number of nitrogens with one attached hydrogen (secondary N) is 1. The molecule has 27 heavy (non-hydrogen) atoms. The number of halogens is 1. The highest BCUT2D eigenvalue weighted by molar-refractivity contribution is 7.13. The number of hydrogen-bond donors (Lipinski definition) is 1. The van der Waals surface area contributed by atoms with E-state index in [0.717, 1.165) is 15.4 Å². The number of thiophene rings is 1. The molecule has 1 N–H and O–H groups in total. The molecular weight excluding hydrogens is 387 g/mol. The number of thiazole rings is 1. The van der Waals surface area contributed by atoms with Crippen LogP contribution in [0.3, 0.4) is 0 Å². The highest BCUT2D eigenvalue weighted by Gasteiger charge is 2.20.